The summed E-state index contributed by atoms with van der Waals surface area (Å²) in [6.45, 7) is 3.01. The predicted octanol–water partition coefficient (Wildman–Crippen LogP) is 1.08. The average Bonchev–Trinajstić information content (AvgIpc) is 2.68. The molecule has 0 aromatic carbocycles. The summed E-state index contributed by atoms with van der Waals surface area (Å²) in [5.41, 5.74) is 1.52. The van der Waals surface area contributed by atoms with E-state index < -0.39 is 7.60 Å². The number of hydrogen-bond acceptors (Lipinski definition) is 11. The van der Waals surface area contributed by atoms with Crippen molar-refractivity contribution in [2.75, 3.05) is 45.0 Å². The molecule has 2 heterocycles. The fourth-order valence-electron chi connectivity index (χ4n) is 2.96. The third kappa shape index (κ3) is 10.9. The van der Waals surface area contributed by atoms with Crippen LogP contribution in [0, 0.1) is 0 Å². The Morgan fingerprint density at radius 2 is 1.40 bits per heavy atom. The Labute approximate surface area is 177 Å². The Morgan fingerprint density at radius 1 is 0.900 bits per heavy atom. The molecular weight excluding hydrogens is 461 g/mol. The van der Waals surface area contributed by atoms with Gasteiger partial charge in [0.1, 0.15) is 6.29 Å². The van der Waals surface area contributed by atoms with Crippen LogP contribution in [-0.2, 0) is 37.1 Å². The minimum atomic E-state index is -4.23. The molecule has 1 aromatic rings. The van der Waals surface area contributed by atoms with Crippen LogP contribution in [0.25, 0.3) is 0 Å². The molecule has 2 unspecified atom stereocenters. The lowest BCUT2D eigenvalue weighted by Gasteiger charge is -2.30. The molecule has 0 fully saturated rings. The first-order chi connectivity index (χ1) is 14.4. The fraction of sp³-hybridized carbons (Fsp3) is 0.643. The zero-order valence-electron chi connectivity index (χ0n) is 16.2. The number of nitrogens with zero attached hydrogens (tertiary/aromatic N) is 4. The van der Waals surface area contributed by atoms with E-state index in [0.29, 0.717) is 57.5 Å². The fourth-order valence-corrected chi connectivity index (χ4v) is 4.89. The van der Waals surface area contributed by atoms with Crippen molar-refractivity contribution in [3.8, 4) is 0 Å². The van der Waals surface area contributed by atoms with Crippen LogP contribution < -0.4 is 0 Å². The lowest BCUT2D eigenvalue weighted by atomic mass is 10.2. The van der Waals surface area contributed by atoms with Crippen LogP contribution in [0.4, 0.5) is 0 Å². The van der Waals surface area contributed by atoms with Crippen LogP contribution >= 0.6 is 25.2 Å². The van der Waals surface area contributed by atoms with E-state index in [2.05, 4.69) is 29.3 Å². The smallest absolute Gasteiger partial charge is 0.324 e. The highest BCUT2D eigenvalue weighted by Gasteiger charge is 2.22. The van der Waals surface area contributed by atoms with Crippen molar-refractivity contribution in [2.24, 2.45) is 0 Å². The van der Waals surface area contributed by atoms with Gasteiger partial charge in [-0.1, -0.05) is 16.1 Å². The minimum absolute atomic E-state index is 0.0933. The summed E-state index contributed by atoms with van der Waals surface area (Å²) in [5, 5.41) is 24.1. The molecule has 0 saturated carbocycles. The van der Waals surface area contributed by atoms with E-state index in [1.54, 1.807) is 4.90 Å². The maximum atomic E-state index is 11.6. The van der Waals surface area contributed by atoms with Crippen molar-refractivity contribution >= 4 is 25.2 Å². The van der Waals surface area contributed by atoms with Crippen molar-refractivity contribution in [2.45, 2.75) is 13.1 Å². The first-order valence-corrected chi connectivity index (χ1v) is 13.0. The third-order valence-corrected chi connectivity index (χ3v) is 6.56. The first kappa shape index (κ1) is 26.1. The summed E-state index contributed by atoms with van der Waals surface area (Å²) in [5.74, 6) is 0. The number of aromatic nitrogens is 1. The lowest BCUT2D eigenvalue weighted by Crippen LogP contribution is -2.40. The van der Waals surface area contributed by atoms with E-state index in [9.17, 15) is 14.4 Å². The van der Waals surface area contributed by atoms with Gasteiger partial charge in [0, 0.05) is 51.8 Å². The molecule has 0 spiro atoms. The number of hydrogen-bond donors (Lipinski definition) is 4. The van der Waals surface area contributed by atoms with E-state index >= 15 is 0 Å². The van der Waals surface area contributed by atoms with Crippen molar-refractivity contribution in [3.05, 3.63) is 29.6 Å². The Bertz CT molecular complexity index is 671. The average molecular weight is 488 g/mol. The summed E-state index contributed by atoms with van der Waals surface area (Å²) < 4.78 is 20.7. The SMILES string of the molecule is O=P(O)(O)CN1CCN(CPOOO)CCN(CPOOO)Cc2cccc(n2)C1. The summed E-state index contributed by atoms with van der Waals surface area (Å²) >= 11 is 0. The van der Waals surface area contributed by atoms with Crippen LogP contribution in [-0.4, -0.2) is 85.0 Å². The lowest BCUT2D eigenvalue weighted by molar-refractivity contribution is -0.435. The van der Waals surface area contributed by atoms with Crippen molar-refractivity contribution in [1.82, 2.24) is 19.7 Å². The van der Waals surface area contributed by atoms with Gasteiger partial charge in [0.2, 0.25) is 0 Å². The van der Waals surface area contributed by atoms with Crippen molar-refractivity contribution < 1.29 is 44.3 Å². The largest absolute Gasteiger partial charge is 0.339 e. The third-order valence-electron chi connectivity index (χ3n) is 4.25. The van der Waals surface area contributed by atoms with E-state index in [4.69, 9.17) is 10.5 Å². The van der Waals surface area contributed by atoms with E-state index in [0.717, 1.165) is 5.69 Å². The van der Waals surface area contributed by atoms with Gasteiger partial charge < -0.3 is 9.79 Å². The molecule has 172 valence electrons. The number of rotatable bonds is 10. The highest BCUT2D eigenvalue weighted by molar-refractivity contribution is 7.51. The van der Waals surface area contributed by atoms with E-state index in [-0.39, 0.29) is 23.9 Å². The van der Waals surface area contributed by atoms with Gasteiger partial charge in [-0.15, -0.1) is 0 Å². The summed E-state index contributed by atoms with van der Waals surface area (Å²) in [4.78, 5) is 29.3. The van der Waals surface area contributed by atoms with Gasteiger partial charge in [-0.05, 0) is 12.1 Å². The van der Waals surface area contributed by atoms with E-state index in [1.165, 1.54) is 0 Å². The second kappa shape index (κ2) is 14.1. The Hall–Kier alpha value is -0.200. The first-order valence-electron chi connectivity index (χ1n) is 8.96. The molecule has 0 amide bonds. The van der Waals surface area contributed by atoms with Gasteiger partial charge in [-0.25, -0.2) is 10.5 Å². The highest BCUT2D eigenvalue weighted by Crippen LogP contribution is 2.35. The molecule has 13 nitrogen and oxygen atoms in total. The van der Waals surface area contributed by atoms with Crippen molar-refractivity contribution in [1.29, 1.82) is 0 Å². The molecule has 1 aliphatic rings. The monoisotopic (exact) mass is 488 g/mol. The quantitative estimate of drug-likeness (QED) is 0.161. The maximum Gasteiger partial charge on any atom is 0.339 e. The summed E-state index contributed by atoms with van der Waals surface area (Å²) in [6, 6.07) is 5.57. The number of pyridine rings is 1. The second-order valence-electron chi connectivity index (χ2n) is 6.57. The molecule has 4 N–H and O–H groups in total. The molecule has 0 aliphatic carbocycles. The van der Waals surface area contributed by atoms with Gasteiger partial charge in [0.05, 0.1) is 29.0 Å². The molecule has 2 bridgehead atoms. The van der Waals surface area contributed by atoms with Gasteiger partial charge >= 0.3 is 7.60 Å². The maximum absolute atomic E-state index is 11.6. The summed E-state index contributed by atoms with van der Waals surface area (Å²) in [7, 11) is -4.46. The Kier molecular flexibility index (Phi) is 12.2. The summed E-state index contributed by atoms with van der Waals surface area (Å²) in [6.07, 6.45) is 0.625. The van der Waals surface area contributed by atoms with Crippen LogP contribution in [0.3, 0.4) is 0 Å². The van der Waals surface area contributed by atoms with Crippen LogP contribution in [0.2, 0.25) is 0 Å². The zero-order chi connectivity index (χ0) is 21.8. The number of fused-ring (bicyclic) bond motifs is 2. The molecule has 0 saturated heterocycles. The Balaban J connectivity index is 2.16. The van der Waals surface area contributed by atoms with Gasteiger partial charge in [-0.2, -0.15) is 9.35 Å². The normalized spacial score (nSPS) is 18.9. The van der Waals surface area contributed by atoms with Crippen molar-refractivity contribution in [3.63, 3.8) is 0 Å². The molecule has 16 heteroatoms. The van der Waals surface area contributed by atoms with Gasteiger partial charge in [0.15, 0.2) is 0 Å². The highest BCUT2D eigenvalue weighted by atomic mass is 31.2. The zero-order valence-corrected chi connectivity index (χ0v) is 19.1. The second-order valence-corrected chi connectivity index (χ2v) is 9.73. The minimum Gasteiger partial charge on any atom is -0.324 e. The topological polar surface area (TPSA) is 158 Å². The molecule has 1 aliphatic heterocycles. The standard InChI is InChI=1S/C14H27N4O9P3/c19-24-26-28-10-16-4-6-17(11-29-27-25-20)8-13-2-1-3-14(15-13)9-18(7-5-16)12-30(21,22)23/h1-3,19-20,28-29H,4-12H2,(H2,21,22,23). The molecule has 1 aromatic heterocycles. The molecule has 0 radical (unpaired) electrons. The predicted molar refractivity (Wildman–Crippen MR) is 110 cm³/mol. The van der Waals surface area contributed by atoms with Gasteiger partial charge in [0.25, 0.3) is 0 Å². The molecular formula is C14H27N4O9P3. The van der Waals surface area contributed by atoms with Crippen LogP contribution in [0.5, 0.6) is 0 Å². The molecule has 2 rings (SSSR count). The van der Waals surface area contributed by atoms with Crippen LogP contribution in [0.15, 0.2) is 18.2 Å². The molecule has 30 heavy (non-hydrogen) atoms. The van der Waals surface area contributed by atoms with E-state index in [1.807, 2.05) is 23.1 Å². The van der Waals surface area contributed by atoms with Gasteiger partial charge in [-0.3, -0.25) is 24.2 Å². The Morgan fingerprint density at radius 3 is 1.97 bits per heavy atom. The van der Waals surface area contributed by atoms with Crippen LogP contribution in [0.1, 0.15) is 11.4 Å². The molecule has 2 atom stereocenters.